The summed E-state index contributed by atoms with van der Waals surface area (Å²) < 4.78 is 9.61. The third-order valence-electron chi connectivity index (χ3n) is 14.7. The van der Waals surface area contributed by atoms with Gasteiger partial charge in [-0.15, -0.1) is 0 Å². The number of hydrogen-bond acceptors (Lipinski definition) is 6. The number of fused-ring (bicyclic) bond motifs is 5. The number of para-hydroxylation sites is 2. The van der Waals surface area contributed by atoms with Crippen LogP contribution in [-0.2, 0) is 9.22 Å². The maximum absolute atomic E-state index is 15.2. The van der Waals surface area contributed by atoms with E-state index in [1.807, 2.05) is 6.07 Å². The molecule has 3 aliphatic heterocycles. The number of nitrogens with one attached hydrogen (secondary N) is 1. The SMILES string of the molecule is CC(=O)N[C@@H]1CN(c2nc3ccccc3n(C3C[C@H]4CCC[C@@H](C3)N4C3CC4CCCCC(C4)C3)c2=O)[C@@H]1CO[Si](c1ccccc1)(c1ccccc1)C(C)(C)C. The van der Waals surface area contributed by atoms with Crippen molar-refractivity contribution in [2.75, 3.05) is 18.1 Å². The van der Waals surface area contributed by atoms with Crippen molar-refractivity contribution in [1.82, 2.24) is 19.8 Å². The van der Waals surface area contributed by atoms with Crippen LogP contribution in [-0.4, -0.2) is 72.0 Å². The van der Waals surface area contributed by atoms with Gasteiger partial charge in [0.25, 0.3) is 13.9 Å². The highest BCUT2D eigenvalue weighted by Gasteiger charge is 2.53. The fraction of sp³-hybridized carbons (Fsp3) is 0.562. The van der Waals surface area contributed by atoms with E-state index in [4.69, 9.17) is 9.41 Å². The highest BCUT2D eigenvalue weighted by molar-refractivity contribution is 6.99. The van der Waals surface area contributed by atoms with Crippen molar-refractivity contribution in [3.05, 3.63) is 95.3 Å². The summed E-state index contributed by atoms with van der Waals surface area (Å²) in [6.07, 6.45) is 15.7. The number of carbonyl (C=O) groups is 1. The zero-order chi connectivity index (χ0) is 39.3. The van der Waals surface area contributed by atoms with Gasteiger partial charge in [0.15, 0.2) is 5.82 Å². The Balaban J connectivity index is 1.05. The van der Waals surface area contributed by atoms with Gasteiger partial charge in [0.1, 0.15) is 0 Å². The Kier molecular flexibility index (Phi) is 10.7. The minimum Gasteiger partial charge on any atom is -0.405 e. The fourth-order valence-corrected chi connectivity index (χ4v) is 16.9. The molecule has 2 aliphatic carbocycles. The van der Waals surface area contributed by atoms with Gasteiger partial charge < -0.3 is 19.2 Å². The number of anilines is 1. The lowest BCUT2D eigenvalue weighted by Crippen LogP contribution is -2.73. The van der Waals surface area contributed by atoms with Gasteiger partial charge in [0.2, 0.25) is 5.91 Å². The Morgan fingerprint density at radius 3 is 1.95 bits per heavy atom. The highest BCUT2D eigenvalue weighted by atomic mass is 28.4. The fourth-order valence-electron chi connectivity index (χ4n) is 12.4. The molecule has 302 valence electrons. The molecular weight excluding hydrogens is 723 g/mol. The van der Waals surface area contributed by atoms with Crippen molar-refractivity contribution >= 4 is 41.4 Å². The molecule has 3 saturated heterocycles. The smallest absolute Gasteiger partial charge is 0.294 e. The molecule has 4 bridgehead atoms. The van der Waals surface area contributed by atoms with Crippen LogP contribution < -0.4 is 26.1 Å². The van der Waals surface area contributed by atoms with E-state index in [9.17, 15) is 4.79 Å². The van der Waals surface area contributed by atoms with E-state index in [0.717, 1.165) is 35.7 Å². The first-order valence-corrected chi connectivity index (χ1v) is 24.1. The summed E-state index contributed by atoms with van der Waals surface area (Å²) in [5, 5.41) is 5.43. The zero-order valence-electron chi connectivity index (χ0n) is 34.6. The summed E-state index contributed by atoms with van der Waals surface area (Å²) in [6, 6.07) is 31.1. The second kappa shape index (κ2) is 15.8. The topological polar surface area (TPSA) is 79.7 Å². The van der Waals surface area contributed by atoms with Gasteiger partial charge in [-0.05, 0) is 84.3 Å². The van der Waals surface area contributed by atoms with Crippen LogP contribution in [0.4, 0.5) is 5.82 Å². The molecule has 57 heavy (non-hydrogen) atoms. The maximum Gasteiger partial charge on any atom is 0.294 e. The second-order valence-corrected chi connectivity index (χ2v) is 23.6. The van der Waals surface area contributed by atoms with Crippen LogP contribution in [0.2, 0.25) is 5.04 Å². The van der Waals surface area contributed by atoms with Crippen LogP contribution in [0.3, 0.4) is 0 Å². The first-order valence-electron chi connectivity index (χ1n) is 22.2. The third-order valence-corrected chi connectivity index (χ3v) is 19.7. The molecule has 8 nitrogen and oxygen atoms in total. The highest BCUT2D eigenvalue weighted by Crippen LogP contribution is 2.47. The van der Waals surface area contributed by atoms with E-state index >= 15 is 4.79 Å². The van der Waals surface area contributed by atoms with E-state index in [0.29, 0.717) is 37.1 Å². The Bertz CT molecular complexity index is 2030. The molecule has 1 aromatic heterocycles. The van der Waals surface area contributed by atoms with E-state index in [1.54, 1.807) is 6.92 Å². The van der Waals surface area contributed by atoms with Crippen molar-refractivity contribution in [1.29, 1.82) is 0 Å². The van der Waals surface area contributed by atoms with Crippen molar-refractivity contribution < 1.29 is 9.22 Å². The molecule has 3 unspecified atom stereocenters. The molecule has 9 rings (SSSR count). The minimum atomic E-state index is -2.88. The number of aromatic nitrogens is 2. The van der Waals surface area contributed by atoms with E-state index in [-0.39, 0.29) is 34.6 Å². The lowest BCUT2D eigenvalue weighted by atomic mass is 9.73. The summed E-state index contributed by atoms with van der Waals surface area (Å²) in [4.78, 5) is 38.1. The third kappa shape index (κ3) is 7.20. The standard InChI is InChI=1S/C48H63N5O3Si/c1-33(54)49-43-31-51(45(43)32-56-57(48(2,3)4,40-20-7-5-8-21-40)41-22-9-6-10-23-41)46-47(55)53(44-25-14-13-24-42(44)50-46)39-29-36-18-15-19-37(30-39)52(36)38-27-34-16-11-12-17-35(26-34)28-38/h5-10,13-14,20-25,34-39,43,45H,11-12,15-19,26-32H2,1-4H3,(H,49,54)/t34?,35?,36-,37+,38?,39?,43-,45-/m1/s1. The van der Waals surface area contributed by atoms with Crippen LogP contribution in [0.25, 0.3) is 11.0 Å². The minimum absolute atomic E-state index is 0.00867. The quantitative estimate of drug-likeness (QED) is 0.177. The Labute approximate surface area is 340 Å². The van der Waals surface area contributed by atoms with Crippen LogP contribution in [0.1, 0.15) is 111 Å². The molecule has 0 radical (unpaired) electrons. The largest absolute Gasteiger partial charge is 0.405 e. The average Bonchev–Trinajstić information content (AvgIpc) is 3.36. The molecule has 4 heterocycles. The molecule has 1 N–H and O–H groups in total. The normalized spacial score (nSPS) is 29.4. The molecule has 3 aromatic carbocycles. The molecule has 5 aliphatic rings. The number of carbonyl (C=O) groups excluding carboxylic acids is 1. The van der Waals surface area contributed by atoms with Gasteiger partial charge in [0.05, 0.1) is 29.7 Å². The lowest BCUT2D eigenvalue weighted by Gasteiger charge is -2.55. The number of nitrogens with zero attached hydrogens (tertiary/aromatic N) is 4. The average molecular weight is 786 g/mol. The Morgan fingerprint density at radius 1 is 0.754 bits per heavy atom. The zero-order valence-corrected chi connectivity index (χ0v) is 35.6. The number of rotatable bonds is 9. The van der Waals surface area contributed by atoms with Gasteiger partial charge in [-0.25, -0.2) is 4.98 Å². The van der Waals surface area contributed by atoms with E-state index in [1.165, 1.54) is 74.6 Å². The summed E-state index contributed by atoms with van der Waals surface area (Å²) in [7, 11) is -2.88. The van der Waals surface area contributed by atoms with Gasteiger partial charge >= 0.3 is 0 Å². The molecule has 4 aromatic rings. The number of hydrogen-bond donors (Lipinski definition) is 1. The molecule has 0 spiro atoms. The Morgan fingerprint density at radius 2 is 1.35 bits per heavy atom. The van der Waals surface area contributed by atoms with E-state index < -0.39 is 8.32 Å². The van der Waals surface area contributed by atoms with Crippen LogP contribution in [0.15, 0.2) is 89.7 Å². The second-order valence-electron chi connectivity index (χ2n) is 19.3. The monoisotopic (exact) mass is 785 g/mol. The predicted molar refractivity (Wildman–Crippen MR) is 233 cm³/mol. The summed E-state index contributed by atoms with van der Waals surface area (Å²) in [6.45, 7) is 9.31. The summed E-state index contributed by atoms with van der Waals surface area (Å²) in [5.41, 5.74) is 1.78. The number of piperidine rings is 2. The van der Waals surface area contributed by atoms with Crippen LogP contribution in [0.5, 0.6) is 0 Å². The van der Waals surface area contributed by atoms with Crippen molar-refractivity contribution in [3.8, 4) is 0 Å². The molecular formula is C48H63N5O3Si. The molecule has 2 saturated carbocycles. The molecule has 7 atom stereocenters. The molecule has 5 fully saturated rings. The summed E-state index contributed by atoms with van der Waals surface area (Å²) in [5.74, 6) is 2.20. The predicted octanol–water partition coefficient (Wildman–Crippen LogP) is 7.58. The van der Waals surface area contributed by atoms with Gasteiger partial charge in [0, 0.05) is 37.6 Å². The van der Waals surface area contributed by atoms with Crippen molar-refractivity contribution in [2.24, 2.45) is 11.8 Å². The number of benzene rings is 3. The molecule has 1 amide bonds. The first kappa shape index (κ1) is 38.7. The van der Waals surface area contributed by atoms with Gasteiger partial charge in [-0.3, -0.25) is 14.5 Å². The van der Waals surface area contributed by atoms with E-state index in [2.05, 4.69) is 119 Å². The van der Waals surface area contributed by atoms with Gasteiger partial charge in [-0.2, -0.15) is 0 Å². The van der Waals surface area contributed by atoms with Crippen LogP contribution in [0, 0.1) is 11.8 Å². The molecule has 9 heteroatoms. The number of amides is 1. The first-order chi connectivity index (χ1) is 27.6. The van der Waals surface area contributed by atoms with Gasteiger partial charge in [-0.1, -0.05) is 126 Å². The lowest BCUT2D eigenvalue weighted by molar-refractivity contribution is -0.120. The maximum atomic E-state index is 15.2. The van der Waals surface area contributed by atoms with Crippen molar-refractivity contribution in [3.63, 3.8) is 0 Å². The van der Waals surface area contributed by atoms with Crippen molar-refractivity contribution in [2.45, 2.75) is 146 Å². The van der Waals surface area contributed by atoms with Crippen LogP contribution >= 0.6 is 0 Å². The Hall–Kier alpha value is -3.79. The summed E-state index contributed by atoms with van der Waals surface area (Å²) >= 11 is 0.